The zero-order valence-electron chi connectivity index (χ0n) is 6.22. The highest BCUT2D eigenvalue weighted by Crippen LogP contribution is 1.91. The van der Waals surface area contributed by atoms with E-state index in [0.29, 0.717) is 6.54 Å². The Morgan fingerprint density at radius 3 is 2.60 bits per heavy atom. The monoisotopic (exact) mass is 144 g/mol. The van der Waals surface area contributed by atoms with Gasteiger partial charge in [0.05, 0.1) is 0 Å². The van der Waals surface area contributed by atoms with Crippen LogP contribution in [0.2, 0.25) is 0 Å². The topological polar surface area (TPSA) is 52.6 Å². The lowest BCUT2D eigenvalue weighted by molar-refractivity contribution is -0.134. The van der Waals surface area contributed by atoms with Gasteiger partial charge in [0.2, 0.25) is 0 Å². The van der Waals surface area contributed by atoms with Crippen molar-refractivity contribution < 1.29 is 9.90 Å². The highest BCUT2D eigenvalue weighted by molar-refractivity contribution is 5.84. The molecule has 0 heterocycles. The van der Waals surface area contributed by atoms with Crippen molar-refractivity contribution in [1.29, 1.82) is 0 Å². The second kappa shape index (κ2) is 3.90. The molecule has 0 aliphatic rings. The molecular formula is C6H12N2O2. The van der Waals surface area contributed by atoms with Gasteiger partial charge in [0.1, 0.15) is 5.70 Å². The molecule has 0 spiro atoms. The molecule has 0 aromatic carbocycles. The number of aliphatic carboxylic acids is 1. The van der Waals surface area contributed by atoms with Crippen LogP contribution in [0.25, 0.3) is 0 Å². The van der Waals surface area contributed by atoms with Crippen molar-refractivity contribution >= 4 is 5.97 Å². The fourth-order valence-corrected chi connectivity index (χ4v) is 0.476. The molecule has 58 valence electrons. The summed E-state index contributed by atoms with van der Waals surface area (Å²) in [5.74, 6) is -1.01. The number of carboxylic acid groups (broad SMARTS) is 1. The molecule has 4 heteroatoms. The van der Waals surface area contributed by atoms with Crippen LogP contribution in [0.4, 0.5) is 0 Å². The van der Waals surface area contributed by atoms with E-state index in [-0.39, 0.29) is 5.70 Å². The largest absolute Gasteiger partial charge is 0.477 e. The smallest absolute Gasteiger partial charge is 0.352 e. The van der Waals surface area contributed by atoms with Crippen molar-refractivity contribution in [1.82, 2.24) is 10.4 Å². The van der Waals surface area contributed by atoms with E-state index in [2.05, 4.69) is 12.0 Å². The summed E-state index contributed by atoms with van der Waals surface area (Å²) >= 11 is 0. The summed E-state index contributed by atoms with van der Waals surface area (Å²) in [7, 11) is 1.61. The van der Waals surface area contributed by atoms with Crippen LogP contribution in [0.5, 0.6) is 0 Å². The predicted molar refractivity (Wildman–Crippen MR) is 38.2 cm³/mol. The summed E-state index contributed by atoms with van der Waals surface area (Å²) in [6, 6.07) is 0. The number of rotatable bonds is 4. The summed E-state index contributed by atoms with van der Waals surface area (Å²) in [5, 5.41) is 9.78. The zero-order valence-corrected chi connectivity index (χ0v) is 6.22. The fraction of sp³-hybridized carbons (Fsp3) is 0.500. The van der Waals surface area contributed by atoms with Crippen LogP contribution in [0.3, 0.4) is 0 Å². The number of hydrogen-bond acceptors (Lipinski definition) is 3. The van der Waals surface area contributed by atoms with Crippen LogP contribution in [-0.4, -0.2) is 29.7 Å². The van der Waals surface area contributed by atoms with Gasteiger partial charge in [-0.3, -0.25) is 0 Å². The summed E-state index contributed by atoms with van der Waals surface area (Å²) in [6.07, 6.45) is 0. The van der Waals surface area contributed by atoms with Crippen LogP contribution < -0.4 is 5.43 Å². The Hall–Kier alpha value is -1.03. The molecule has 10 heavy (non-hydrogen) atoms. The van der Waals surface area contributed by atoms with Gasteiger partial charge >= 0.3 is 5.97 Å². The molecule has 2 N–H and O–H groups in total. The van der Waals surface area contributed by atoms with Gasteiger partial charge in [-0.05, 0) is 0 Å². The molecule has 0 atom stereocenters. The number of carbonyl (C=O) groups is 1. The highest BCUT2D eigenvalue weighted by atomic mass is 16.4. The van der Waals surface area contributed by atoms with Crippen LogP contribution >= 0.6 is 0 Å². The van der Waals surface area contributed by atoms with E-state index < -0.39 is 5.97 Å². The maximum atomic E-state index is 10.2. The molecule has 0 bridgehead atoms. The number of hydrogen-bond donors (Lipinski definition) is 2. The first-order valence-corrected chi connectivity index (χ1v) is 2.99. The average molecular weight is 144 g/mol. The van der Waals surface area contributed by atoms with E-state index in [1.807, 2.05) is 6.92 Å². The Kier molecular flexibility index (Phi) is 3.49. The third-order valence-corrected chi connectivity index (χ3v) is 1.05. The van der Waals surface area contributed by atoms with Crippen molar-refractivity contribution in [3.8, 4) is 0 Å². The van der Waals surface area contributed by atoms with Crippen molar-refractivity contribution in [3.05, 3.63) is 12.3 Å². The van der Waals surface area contributed by atoms with E-state index in [9.17, 15) is 4.79 Å². The van der Waals surface area contributed by atoms with Crippen LogP contribution in [0, 0.1) is 0 Å². The zero-order chi connectivity index (χ0) is 8.15. The van der Waals surface area contributed by atoms with Crippen molar-refractivity contribution in [2.24, 2.45) is 0 Å². The molecule has 0 saturated heterocycles. The average Bonchev–Trinajstić information content (AvgIpc) is 1.87. The number of hydrazine groups is 1. The lowest BCUT2D eigenvalue weighted by atomic mass is 10.5. The minimum atomic E-state index is -1.01. The van der Waals surface area contributed by atoms with E-state index in [1.54, 1.807) is 7.05 Å². The Morgan fingerprint density at radius 2 is 2.30 bits per heavy atom. The summed E-state index contributed by atoms with van der Waals surface area (Å²) in [5.41, 5.74) is 2.82. The third-order valence-electron chi connectivity index (χ3n) is 1.05. The predicted octanol–water partition coefficient (Wildman–Crippen LogP) is 0.0410. The molecule has 0 unspecified atom stereocenters. The molecule has 0 fully saturated rings. The molecule has 0 aliphatic carbocycles. The van der Waals surface area contributed by atoms with Gasteiger partial charge < -0.3 is 10.1 Å². The van der Waals surface area contributed by atoms with E-state index in [0.717, 1.165) is 0 Å². The normalized spacial score (nSPS) is 9.00. The Labute approximate surface area is 60.1 Å². The fourth-order valence-electron chi connectivity index (χ4n) is 0.476. The number of nitrogens with one attached hydrogen (secondary N) is 1. The van der Waals surface area contributed by atoms with Crippen molar-refractivity contribution in [3.63, 3.8) is 0 Å². The summed E-state index contributed by atoms with van der Waals surface area (Å²) in [6.45, 7) is 5.90. The number of carboxylic acids is 1. The molecule has 0 saturated carbocycles. The number of nitrogens with zero attached hydrogens (tertiary/aromatic N) is 1. The molecule has 0 rings (SSSR count). The lowest BCUT2D eigenvalue weighted by Crippen LogP contribution is -2.35. The third kappa shape index (κ3) is 2.50. The van der Waals surface area contributed by atoms with Gasteiger partial charge in [-0.15, -0.1) is 0 Å². The Morgan fingerprint density at radius 1 is 1.80 bits per heavy atom. The quantitative estimate of drug-likeness (QED) is 0.432. The molecule has 0 aromatic heterocycles. The van der Waals surface area contributed by atoms with Crippen LogP contribution in [0.15, 0.2) is 12.3 Å². The Bertz CT molecular complexity index is 145. The second-order valence-electron chi connectivity index (χ2n) is 1.82. The molecule has 4 nitrogen and oxygen atoms in total. The van der Waals surface area contributed by atoms with Crippen molar-refractivity contribution in [2.75, 3.05) is 13.6 Å². The van der Waals surface area contributed by atoms with E-state index in [1.165, 1.54) is 5.01 Å². The summed E-state index contributed by atoms with van der Waals surface area (Å²) in [4.78, 5) is 10.2. The minimum Gasteiger partial charge on any atom is -0.477 e. The molecule has 0 radical (unpaired) electrons. The van der Waals surface area contributed by atoms with Crippen molar-refractivity contribution in [2.45, 2.75) is 6.92 Å². The summed E-state index contributed by atoms with van der Waals surface area (Å²) < 4.78 is 0. The van der Waals surface area contributed by atoms with E-state index >= 15 is 0 Å². The van der Waals surface area contributed by atoms with Gasteiger partial charge in [-0.2, -0.15) is 0 Å². The molecular weight excluding hydrogens is 132 g/mol. The standard InChI is InChI=1S/C6H12N2O2/c1-4-7-8(3)5(2)6(9)10/h7H,2,4H2,1,3H3,(H,9,10). The maximum absolute atomic E-state index is 10.2. The van der Waals surface area contributed by atoms with Gasteiger partial charge in [0.15, 0.2) is 0 Å². The SMILES string of the molecule is C=C(C(=O)O)N(C)NCC. The first-order valence-electron chi connectivity index (χ1n) is 2.99. The lowest BCUT2D eigenvalue weighted by Gasteiger charge is -2.17. The van der Waals surface area contributed by atoms with Crippen LogP contribution in [0.1, 0.15) is 6.92 Å². The van der Waals surface area contributed by atoms with Gasteiger partial charge in [-0.25, -0.2) is 10.2 Å². The first-order chi connectivity index (χ1) is 4.59. The maximum Gasteiger partial charge on any atom is 0.352 e. The highest BCUT2D eigenvalue weighted by Gasteiger charge is 2.07. The Balaban J connectivity index is 3.82. The molecule has 0 amide bonds. The molecule has 0 aromatic rings. The minimum absolute atomic E-state index is 0.0434. The van der Waals surface area contributed by atoms with Gasteiger partial charge in [-0.1, -0.05) is 13.5 Å². The molecule has 0 aliphatic heterocycles. The number of likely N-dealkylation sites (N-methyl/N-ethyl adjacent to an activating group) is 1. The van der Waals surface area contributed by atoms with Gasteiger partial charge in [0, 0.05) is 13.6 Å². The van der Waals surface area contributed by atoms with E-state index in [4.69, 9.17) is 5.11 Å². The van der Waals surface area contributed by atoms with Gasteiger partial charge in [0.25, 0.3) is 0 Å². The first kappa shape index (κ1) is 8.97. The second-order valence-corrected chi connectivity index (χ2v) is 1.82. The van der Waals surface area contributed by atoms with Crippen LogP contribution in [-0.2, 0) is 4.79 Å².